The Balaban J connectivity index is 2.28. The molecule has 1 heterocycles. The quantitative estimate of drug-likeness (QED) is 0.528. The van der Waals surface area contributed by atoms with Crippen LogP contribution in [-0.2, 0) is 5.41 Å². The molecule has 0 spiro atoms. The lowest BCUT2D eigenvalue weighted by Gasteiger charge is -2.31. The molecule has 0 fully saturated rings. The Morgan fingerprint density at radius 2 is 1.21 bits per heavy atom. The average Bonchev–Trinajstić information content (AvgIpc) is 2.38. The van der Waals surface area contributed by atoms with Crippen LogP contribution in [0.25, 0.3) is 0 Å². The van der Waals surface area contributed by atoms with E-state index in [0.29, 0.717) is 11.5 Å². The predicted octanol–water partition coefficient (Wildman–Crippen LogP) is 3.90. The first kappa shape index (κ1) is 11.8. The lowest BCUT2D eigenvalue weighted by molar-refractivity contribution is 0.148. The SMILES string of the molecule is CC1(C)c2ccccc2OC(=O)Oc2ccccc21. The smallest absolute Gasteiger partial charge is 0.394 e. The van der Waals surface area contributed by atoms with Gasteiger partial charge in [-0.05, 0) is 12.1 Å². The Morgan fingerprint density at radius 1 is 0.789 bits per heavy atom. The fraction of sp³-hybridized carbons (Fsp3) is 0.188. The van der Waals surface area contributed by atoms with E-state index in [1.54, 1.807) is 12.1 Å². The van der Waals surface area contributed by atoms with Crippen molar-refractivity contribution in [3.63, 3.8) is 0 Å². The zero-order valence-electron chi connectivity index (χ0n) is 10.8. The monoisotopic (exact) mass is 254 g/mol. The Bertz CT molecular complexity index is 590. The molecular weight excluding hydrogens is 240 g/mol. The van der Waals surface area contributed by atoms with E-state index in [0.717, 1.165) is 11.1 Å². The molecule has 0 amide bonds. The van der Waals surface area contributed by atoms with Gasteiger partial charge in [-0.2, -0.15) is 0 Å². The van der Waals surface area contributed by atoms with Crippen LogP contribution in [0.1, 0.15) is 25.0 Å². The fourth-order valence-corrected chi connectivity index (χ4v) is 2.49. The molecule has 19 heavy (non-hydrogen) atoms. The maximum atomic E-state index is 11.7. The van der Waals surface area contributed by atoms with Crippen molar-refractivity contribution in [1.29, 1.82) is 0 Å². The summed E-state index contributed by atoms with van der Waals surface area (Å²) in [6, 6.07) is 15.1. The van der Waals surface area contributed by atoms with E-state index in [1.807, 2.05) is 36.4 Å². The predicted molar refractivity (Wildman–Crippen MR) is 71.7 cm³/mol. The minimum atomic E-state index is -0.699. The Hall–Kier alpha value is -2.29. The lowest BCUT2D eigenvalue weighted by Crippen LogP contribution is -2.27. The van der Waals surface area contributed by atoms with Gasteiger partial charge in [0.2, 0.25) is 0 Å². The molecule has 0 aromatic heterocycles. The lowest BCUT2D eigenvalue weighted by atomic mass is 9.77. The van der Waals surface area contributed by atoms with Crippen molar-refractivity contribution in [3.05, 3.63) is 59.7 Å². The molecular formula is C16H14O3. The highest BCUT2D eigenvalue weighted by Gasteiger charge is 2.32. The number of carbonyl (C=O) groups excluding carboxylic acids is 1. The summed E-state index contributed by atoms with van der Waals surface area (Å²) in [5, 5.41) is 0. The molecule has 1 aliphatic rings. The third kappa shape index (κ3) is 1.87. The van der Waals surface area contributed by atoms with Gasteiger partial charge in [0.1, 0.15) is 11.5 Å². The third-order valence-electron chi connectivity index (χ3n) is 3.51. The van der Waals surface area contributed by atoms with E-state index < -0.39 is 6.16 Å². The average molecular weight is 254 g/mol. The zero-order chi connectivity index (χ0) is 13.5. The van der Waals surface area contributed by atoms with Gasteiger partial charge in [-0.25, -0.2) is 4.79 Å². The van der Waals surface area contributed by atoms with Gasteiger partial charge < -0.3 is 9.47 Å². The van der Waals surface area contributed by atoms with Gasteiger partial charge in [0.25, 0.3) is 0 Å². The van der Waals surface area contributed by atoms with E-state index in [4.69, 9.17) is 9.47 Å². The van der Waals surface area contributed by atoms with Gasteiger partial charge in [-0.15, -0.1) is 0 Å². The second kappa shape index (κ2) is 4.12. The Morgan fingerprint density at radius 3 is 1.68 bits per heavy atom. The van der Waals surface area contributed by atoms with E-state index in [1.165, 1.54) is 0 Å². The van der Waals surface area contributed by atoms with Crippen LogP contribution in [0.4, 0.5) is 4.79 Å². The summed E-state index contributed by atoms with van der Waals surface area (Å²) in [7, 11) is 0. The molecule has 0 radical (unpaired) electrons. The molecule has 3 nitrogen and oxygen atoms in total. The Labute approximate surface area is 111 Å². The minimum Gasteiger partial charge on any atom is -0.394 e. The summed E-state index contributed by atoms with van der Waals surface area (Å²) in [6.07, 6.45) is -0.699. The first-order valence-electron chi connectivity index (χ1n) is 6.18. The normalized spacial score (nSPS) is 16.2. The largest absolute Gasteiger partial charge is 0.519 e. The molecule has 96 valence electrons. The molecule has 0 unspecified atom stereocenters. The molecule has 3 rings (SSSR count). The third-order valence-corrected chi connectivity index (χ3v) is 3.51. The summed E-state index contributed by atoms with van der Waals surface area (Å²) in [6.45, 7) is 4.18. The molecule has 0 saturated carbocycles. The van der Waals surface area contributed by atoms with Crippen molar-refractivity contribution in [2.45, 2.75) is 19.3 Å². The van der Waals surface area contributed by atoms with Crippen LogP contribution >= 0.6 is 0 Å². The molecule has 0 atom stereocenters. The number of carbonyl (C=O) groups is 1. The van der Waals surface area contributed by atoms with E-state index >= 15 is 0 Å². The number of para-hydroxylation sites is 2. The van der Waals surface area contributed by atoms with Crippen LogP contribution in [0, 0.1) is 0 Å². The van der Waals surface area contributed by atoms with Gasteiger partial charge >= 0.3 is 6.16 Å². The maximum absolute atomic E-state index is 11.7. The number of hydrogen-bond donors (Lipinski definition) is 0. The zero-order valence-corrected chi connectivity index (χ0v) is 10.8. The minimum absolute atomic E-state index is 0.298. The second-order valence-electron chi connectivity index (χ2n) is 5.07. The van der Waals surface area contributed by atoms with Crippen LogP contribution in [-0.4, -0.2) is 6.16 Å². The van der Waals surface area contributed by atoms with Crippen molar-refractivity contribution in [1.82, 2.24) is 0 Å². The number of fused-ring (bicyclic) bond motifs is 2. The molecule has 0 saturated heterocycles. The molecule has 0 N–H and O–H groups in total. The van der Waals surface area contributed by atoms with Gasteiger partial charge in [0.05, 0.1) is 0 Å². The van der Waals surface area contributed by atoms with Crippen molar-refractivity contribution in [2.24, 2.45) is 0 Å². The fourth-order valence-electron chi connectivity index (χ4n) is 2.49. The summed E-state index contributed by atoms with van der Waals surface area (Å²) in [5.74, 6) is 1.10. The summed E-state index contributed by atoms with van der Waals surface area (Å²) in [4.78, 5) is 11.7. The highest BCUT2D eigenvalue weighted by Crippen LogP contribution is 2.42. The van der Waals surface area contributed by atoms with Crippen molar-refractivity contribution in [2.75, 3.05) is 0 Å². The standard InChI is InChI=1S/C16H14O3/c1-16(2)11-7-3-5-9-13(11)18-15(17)19-14-10-6-4-8-12(14)16/h3-10H,1-2H3. The van der Waals surface area contributed by atoms with Crippen LogP contribution < -0.4 is 9.47 Å². The van der Waals surface area contributed by atoms with Crippen molar-refractivity contribution < 1.29 is 14.3 Å². The first-order chi connectivity index (χ1) is 9.09. The van der Waals surface area contributed by atoms with Gasteiger partial charge in [0.15, 0.2) is 0 Å². The number of ether oxygens (including phenoxy) is 2. The number of hydrogen-bond acceptors (Lipinski definition) is 3. The summed E-state index contributed by atoms with van der Waals surface area (Å²) >= 11 is 0. The Kier molecular flexibility index (Phi) is 2.56. The molecule has 0 bridgehead atoms. The van der Waals surface area contributed by atoms with Gasteiger partial charge in [0, 0.05) is 16.5 Å². The highest BCUT2D eigenvalue weighted by molar-refractivity contribution is 5.71. The molecule has 0 aliphatic carbocycles. The molecule has 1 aliphatic heterocycles. The first-order valence-corrected chi connectivity index (χ1v) is 6.18. The topological polar surface area (TPSA) is 35.5 Å². The summed E-state index contributed by atoms with van der Waals surface area (Å²) in [5.41, 5.74) is 1.65. The van der Waals surface area contributed by atoms with E-state index in [-0.39, 0.29) is 5.41 Å². The van der Waals surface area contributed by atoms with Crippen LogP contribution in [0.5, 0.6) is 11.5 Å². The van der Waals surface area contributed by atoms with Crippen LogP contribution in [0.15, 0.2) is 48.5 Å². The summed E-state index contributed by atoms with van der Waals surface area (Å²) < 4.78 is 10.5. The number of benzene rings is 2. The maximum Gasteiger partial charge on any atom is 0.519 e. The van der Waals surface area contributed by atoms with E-state index in [9.17, 15) is 4.79 Å². The molecule has 2 aromatic carbocycles. The second-order valence-corrected chi connectivity index (χ2v) is 5.07. The van der Waals surface area contributed by atoms with Gasteiger partial charge in [-0.3, -0.25) is 0 Å². The van der Waals surface area contributed by atoms with E-state index in [2.05, 4.69) is 13.8 Å². The van der Waals surface area contributed by atoms with Crippen molar-refractivity contribution >= 4 is 6.16 Å². The molecule has 3 heteroatoms. The number of rotatable bonds is 0. The molecule has 2 aromatic rings. The van der Waals surface area contributed by atoms with Crippen molar-refractivity contribution in [3.8, 4) is 11.5 Å². The van der Waals surface area contributed by atoms with Gasteiger partial charge in [-0.1, -0.05) is 50.2 Å². The van der Waals surface area contributed by atoms with Crippen LogP contribution in [0.3, 0.4) is 0 Å². The highest BCUT2D eigenvalue weighted by atomic mass is 16.7. The van der Waals surface area contributed by atoms with Crippen LogP contribution in [0.2, 0.25) is 0 Å².